The van der Waals surface area contributed by atoms with Gasteiger partial charge in [0.2, 0.25) is 11.8 Å². The average molecular weight is 374 g/mol. The molecule has 1 aromatic rings. The van der Waals surface area contributed by atoms with Gasteiger partial charge in [-0.2, -0.15) is 0 Å². The monoisotopic (exact) mass is 374 g/mol. The summed E-state index contributed by atoms with van der Waals surface area (Å²) in [5, 5.41) is 5.34. The van der Waals surface area contributed by atoms with E-state index < -0.39 is 24.0 Å². The van der Waals surface area contributed by atoms with Crippen LogP contribution in [0.15, 0.2) is 30.3 Å². The van der Waals surface area contributed by atoms with E-state index in [2.05, 4.69) is 10.6 Å². The molecule has 146 valence electrons. The summed E-state index contributed by atoms with van der Waals surface area (Å²) in [5.41, 5.74) is 0.883. The van der Waals surface area contributed by atoms with Crippen LogP contribution in [0.1, 0.15) is 38.2 Å². The molecule has 1 fully saturated rings. The van der Waals surface area contributed by atoms with Crippen LogP contribution in [0, 0.1) is 5.92 Å². The summed E-state index contributed by atoms with van der Waals surface area (Å²) < 4.78 is 4.83. The number of carbonyl (C=O) groups is 4. The molecule has 0 radical (unpaired) electrons. The van der Waals surface area contributed by atoms with Crippen molar-refractivity contribution in [2.24, 2.45) is 5.92 Å². The van der Waals surface area contributed by atoms with Crippen molar-refractivity contribution in [2.45, 2.75) is 51.1 Å². The van der Waals surface area contributed by atoms with Gasteiger partial charge in [0, 0.05) is 26.2 Å². The number of rotatable bonds is 7. The van der Waals surface area contributed by atoms with Crippen molar-refractivity contribution in [1.82, 2.24) is 10.6 Å². The zero-order valence-corrected chi connectivity index (χ0v) is 15.7. The summed E-state index contributed by atoms with van der Waals surface area (Å²) in [7, 11) is 1.25. The van der Waals surface area contributed by atoms with Gasteiger partial charge in [-0.15, -0.1) is 0 Å². The highest BCUT2D eigenvalue weighted by atomic mass is 16.5. The number of ether oxygens (including phenoxy) is 1. The first kappa shape index (κ1) is 20.6. The molecule has 7 heteroatoms. The van der Waals surface area contributed by atoms with Gasteiger partial charge in [0.05, 0.1) is 7.11 Å². The third-order valence-corrected chi connectivity index (χ3v) is 4.72. The Kier molecular flexibility index (Phi) is 7.52. The molecule has 27 heavy (non-hydrogen) atoms. The summed E-state index contributed by atoms with van der Waals surface area (Å²) in [5.74, 6) is -1.60. The zero-order valence-electron chi connectivity index (χ0n) is 15.7. The van der Waals surface area contributed by atoms with Gasteiger partial charge in [0.1, 0.15) is 17.9 Å². The third kappa shape index (κ3) is 6.20. The number of ketones is 1. The number of Topliss-reactive ketones (excluding diaryl/α,β-unsaturated/α-hetero) is 1. The van der Waals surface area contributed by atoms with Crippen LogP contribution in [0.5, 0.6) is 0 Å². The van der Waals surface area contributed by atoms with Crippen molar-refractivity contribution in [2.75, 3.05) is 7.11 Å². The van der Waals surface area contributed by atoms with Gasteiger partial charge in [0.25, 0.3) is 0 Å². The van der Waals surface area contributed by atoms with E-state index in [9.17, 15) is 19.2 Å². The van der Waals surface area contributed by atoms with Crippen LogP contribution < -0.4 is 10.6 Å². The summed E-state index contributed by atoms with van der Waals surface area (Å²) in [6, 6.07) is 7.56. The van der Waals surface area contributed by atoms with Crippen LogP contribution in [-0.2, 0) is 30.3 Å². The fraction of sp³-hybridized carbons (Fsp3) is 0.500. The molecule has 3 atom stereocenters. The molecule has 0 bridgehead atoms. The highest BCUT2D eigenvalue weighted by molar-refractivity contribution is 5.91. The topological polar surface area (TPSA) is 102 Å². The number of nitrogens with one attached hydrogen (secondary N) is 2. The summed E-state index contributed by atoms with van der Waals surface area (Å²) in [4.78, 5) is 48.4. The largest absolute Gasteiger partial charge is 0.467 e. The fourth-order valence-corrected chi connectivity index (χ4v) is 3.40. The molecule has 0 unspecified atom stereocenters. The first-order chi connectivity index (χ1) is 12.9. The van der Waals surface area contributed by atoms with Gasteiger partial charge in [-0.1, -0.05) is 30.3 Å². The van der Waals surface area contributed by atoms with Crippen LogP contribution in [0.4, 0.5) is 0 Å². The molecule has 0 aliphatic heterocycles. The smallest absolute Gasteiger partial charge is 0.328 e. The van der Waals surface area contributed by atoms with Crippen LogP contribution >= 0.6 is 0 Å². The maximum Gasteiger partial charge on any atom is 0.328 e. The molecule has 0 spiro atoms. The van der Waals surface area contributed by atoms with E-state index in [1.165, 1.54) is 14.0 Å². The van der Waals surface area contributed by atoms with E-state index in [-0.39, 0.29) is 24.0 Å². The van der Waals surface area contributed by atoms with Crippen molar-refractivity contribution < 1.29 is 23.9 Å². The van der Waals surface area contributed by atoms with Crippen LogP contribution in [0.3, 0.4) is 0 Å². The molecule has 1 aliphatic carbocycles. The van der Waals surface area contributed by atoms with Crippen molar-refractivity contribution >= 4 is 23.6 Å². The van der Waals surface area contributed by atoms with Crippen LogP contribution in [0.25, 0.3) is 0 Å². The average Bonchev–Trinajstić information content (AvgIpc) is 2.65. The predicted octanol–water partition coefficient (Wildman–Crippen LogP) is 1.15. The Labute approximate surface area is 158 Å². The third-order valence-electron chi connectivity index (χ3n) is 4.72. The zero-order chi connectivity index (χ0) is 19.8. The van der Waals surface area contributed by atoms with Crippen LogP contribution in [-0.4, -0.2) is 42.8 Å². The number of methoxy groups -OCH3 is 1. The first-order valence-electron chi connectivity index (χ1n) is 9.11. The molecule has 7 nitrogen and oxygen atoms in total. The Morgan fingerprint density at radius 3 is 2.48 bits per heavy atom. The SMILES string of the molecule is COC(=O)[C@@H](NC(=O)[C@@H](Cc1ccccc1)NC(C)=O)[C@H]1CCCC(=O)C1. The van der Waals surface area contributed by atoms with Gasteiger partial charge in [-0.05, 0) is 24.3 Å². The Balaban J connectivity index is 2.14. The Bertz CT molecular complexity index is 689. The van der Waals surface area contributed by atoms with E-state index in [1.54, 1.807) is 0 Å². The minimum absolute atomic E-state index is 0.0806. The lowest BCUT2D eigenvalue weighted by Gasteiger charge is -2.29. The van der Waals surface area contributed by atoms with Crippen molar-refractivity contribution in [1.29, 1.82) is 0 Å². The standard InChI is InChI=1S/C20H26N2O5/c1-13(23)21-17(11-14-7-4-3-5-8-14)19(25)22-18(20(26)27-2)15-9-6-10-16(24)12-15/h3-5,7-8,15,17-18H,6,9-12H2,1-2H3,(H,21,23)(H,22,25)/t15-,17+,18-/m0/s1. The number of carbonyl (C=O) groups excluding carboxylic acids is 4. The molecule has 1 saturated carbocycles. The minimum Gasteiger partial charge on any atom is -0.467 e. The molecule has 2 amide bonds. The van der Waals surface area contributed by atoms with Gasteiger partial charge < -0.3 is 15.4 Å². The lowest BCUT2D eigenvalue weighted by atomic mass is 9.83. The molecule has 2 rings (SSSR count). The molecule has 0 heterocycles. The van der Waals surface area contributed by atoms with E-state index in [0.29, 0.717) is 25.7 Å². The number of hydrogen-bond donors (Lipinski definition) is 2. The normalized spacial score (nSPS) is 18.9. The summed E-state index contributed by atoms with van der Waals surface area (Å²) in [6.45, 7) is 1.34. The summed E-state index contributed by atoms with van der Waals surface area (Å²) >= 11 is 0. The van der Waals surface area contributed by atoms with E-state index in [4.69, 9.17) is 4.74 Å². The molecule has 2 N–H and O–H groups in total. The number of benzene rings is 1. The molecular formula is C20H26N2O5. The van der Waals surface area contributed by atoms with Crippen molar-refractivity contribution in [3.05, 3.63) is 35.9 Å². The lowest BCUT2D eigenvalue weighted by Crippen LogP contribution is -2.55. The van der Waals surface area contributed by atoms with Gasteiger partial charge in [-0.25, -0.2) is 4.79 Å². The van der Waals surface area contributed by atoms with Crippen molar-refractivity contribution in [3.8, 4) is 0 Å². The van der Waals surface area contributed by atoms with Gasteiger partial charge in [-0.3, -0.25) is 14.4 Å². The second-order valence-corrected chi connectivity index (χ2v) is 6.85. The second kappa shape index (κ2) is 9.85. The number of esters is 1. The molecule has 1 aliphatic rings. The van der Waals surface area contributed by atoms with E-state index in [0.717, 1.165) is 5.56 Å². The maximum atomic E-state index is 12.8. The van der Waals surface area contributed by atoms with Gasteiger partial charge in [0.15, 0.2) is 0 Å². The molecule has 0 aromatic heterocycles. The Morgan fingerprint density at radius 1 is 1.19 bits per heavy atom. The van der Waals surface area contributed by atoms with Crippen LogP contribution in [0.2, 0.25) is 0 Å². The fourth-order valence-electron chi connectivity index (χ4n) is 3.40. The van der Waals surface area contributed by atoms with E-state index >= 15 is 0 Å². The first-order valence-corrected chi connectivity index (χ1v) is 9.11. The van der Waals surface area contributed by atoms with E-state index in [1.807, 2.05) is 30.3 Å². The lowest BCUT2D eigenvalue weighted by molar-refractivity contribution is -0.147. The Morgan fingerprint density at radius 2 is 1.89 bits per heavy atom. The maximum absolute atomic E-state index is 12.8. The summed E-state index contributed by atoms with van der Waals surface area (Å²) in [6.07, 6.45) is 2.38. The number of amides is 2. The number of hydrogen-bond acceptors (Lipinski definition) is 5. The van der Waals surface area contributed by atoms with Crippen molar-refractivity contribution in [3.63, 3.8) is 0 Å². The molecular weight excluding hydrogens is 348 g/mol. The molecule has 0 saturated heterocycles. The predicted molar refractivity (Wildman–Crippen MR) is 98.7 cm³/mol. The highest BCUT2D eigenvalue weighted by Crippen LogP contribution is 2.25. The second-order valence-electron chi connectivity index (χ2n) is 6.85. The quantitative estimate of drug-likeness (QED) is 0.697. The highest BCUT2D eigenvalue weighted by Gasteiger charge is 2.35. The molecule has 1 aromatic carbocycles. The minimum atomic E-state index is -0.904. The Hall–Kier alpha value is -2.70. The van der Waals surface area contributed by atoms with Gasteiger partial charge >= 0.3 is 5.97 Å².